The Morgan fingerprint density at radius 3 is 2.20 bits per heavy atom. The number of aryl methyl sites for hydroxylation is 1. The second-order valence-corrected chi connectivity index (χ2v) is 4.73. The van der Waals surface area contributed by atoms with Gasteiger partial charge in [0.2, 0.25) is 0 Å². The Labute approximate surface area is 113 Å². The topological polar surface area (TPSA) is 20.2 Å². The first-order valence-corrected chi connectivity index (χ1v) is 5.88. The Balaban J connectivity index is 2.73. The van der Waals surface area contributed by atoms with E-state index in [0.717, 1.165) is 31.2 Å². The predicted octanol–water partition coefficient (Wildman–Crippen LogP) is 3.81. The molecule has 0 heterocycles. The number of hydrogen-bond donors (Lipinski definition) is 1. The van der Waals surface area contributed by atoms with Crippen molar-refractivity contribution < 1.29 is 22.7 Å². The lowest BCUT2D eigenvalue weighted by Crippen LogP contribution is -2.28. The monoisotopic (exact) mass is 284 g/mol. The molecule has 2 aromatic carbocycles. The van der Waals surface area contributed by atoms with Crippen LogP contribution in [0.15, 0.2) is 30.3 Å². The smallest absolute Gasteiger partial charge is 0.165 e. The van der Waals surface area contributed by atoms with Crippen LogP contribution in [0, 0.1) is 30.2 Å². The molecule has 0 spiro atoms. The van der Waals surface area contributed by atoms with E-state index in [2.05, 4.69) is 0 Å². The summed E-state index contributed by atoms with van der Waals surface area (Å²) in [5.41, 5.74) is -3.46. The van der Waals surface area contributed by atoms with Gasteiger partial charge in [0.25, 0.3) is 0 Å². The first-order chi connectivity index (χ1) is 9.26. The van der Waals surface area contributed by atoms with Gasteiger partial charge < -0.3 is 5.11 Å². The van der Waals surface area contributed by atoms with Gasteiger partial charge in [0.05, 0.1) is 5.56 Å². The Bertz CT molecular complexity index is 665. The van der Waals surface area contributed by atoms with E-state index in [9.17, 15) is 22.7 Å². The molecular weight excluding hydrogens is 272 g/mol. The largest absolute Gasteiger partial charge is 0.380 e. The van der Waals surface area contributed by atoms with Crippen LogP contribution >= 0.6 is 0 Å². The van der Waals surface area contributed by atoms with Crippen molar-refractivity contribution in [1.29, 1.82) is 0 Å². The molecule has 0 aliphatic rings. The van der Waals surface area contributed by atoms with Crippen LogP contribution < -0.4 is 0 Å². The van der Waals surface area contributed by atoms with Crippen LogP contribution in [-0.2, 0) is 5.60 Å². The molecule has 0 aromatic heterocycles. The van der Waals surface area contributed by atoms with Crippen LogP contribution in [-0.4, -0.2) is 5.11 Å². The summed E-state index contributed by atoms with van der Waals surface area (Å²) in [6, 6.07) is 5.27. The number of rotatable bonds is 2. The van der Waals surface area contributed by atoms with Crippen molar-refractivity contribution in [3.05, 3.63) is 70.3 Å². The summed E-state index contributed by atoms with van der Waals surface area (Å²) in [5, 5.41) is 10.4. The summed E-state index contributed by atoms with van der Waals surface area (Å²) < 4.78 is 54.9. The lowest BCUT2D eigenvalue weighted by Gasteiger charge is -2.26. The van der Waals surface area contributed by atoms with Gasteiger partial charge in [-0.25, -0.2) is 17.6 Å². The van der Waals surface area contributed by atoms with Gasteiger partial charge in [-0.05, 0) is 31.5 Å². The standard InChI is InChI=1S/C15H12F4O/c1-8-6-7-10(16)12(13(8)18)15(2,20)9-4-3-5-11(17)14(9)19/h3-7,20H,1-2H3. The van der Waals surface area contributed by atoms with Gasteiger partial charge >= 0.3 is 0 Å². The lowest BCUT2D eigenvalue weighted by molar-refractivity contribution is 0.0882. The second kappa shape index (κ2) is 4.90. The van der Waals surface area contributed by atoms with Gasteiger partial charge in [0.1, 0.15) is 17.2 Å². The lowest BCUT2D eigenvalue weighted by atomic mass is 9.86. The fraction of sp³-hybridized carbons (Fsp3) is 0.200. The molecule has 1 unspecified atom stereocenters. The Kier molecular flexibility index (Phi) is 3.56. The van der Waals surface area contributed by atoms with E-state index in [0.29, 0.717) is 0 Å². The zero-order chi connectivity index (χ0) is 15.1. The average molecular weight is 284 g/mol. The first kappa shape index (κ1) is 14.5. The number of halogens is 4. The second-order valence-electron chi connectivity index (χ2n) is 4.73. The molecule has 0 fully saturated rings. The molecule has 0 aliphatic carbocycles. The Morgan fingerprint density at radius 2 is 1.55 bits per heavy atom. The minimum Gasteiger partial charge on any atom is -0.380 e. The Hall–Kier alpha value is -1.88. The highest BCUT2D eigenvalue weighted by molar-refractivity contribution is 5.40. The zero-order valence-electron chi connectivity index (χ0n) is 10.8. The van der Waals surface area contributed by atoms with Crippen LogP contribution in [0.3, 0.4) is 0 Å². The summed E-state index contributed by atoms with van der Waals surface area (Å²) >= 11 is 0. The predicted molar refractivity (Wildman–Crippen MR) is 66.1 cm³/mol. The number of aliphatic hydroxyl groups is 1. The van der Waals surface area contributed by atoms with Gasteiger partial charge in [-0.2, -0.15) is 0 Å². The van der Waals surface area contributed by atoms with Crippen molar-refractivity contribution in [3.8, 4) is 0 Å². The molecule has 1 N–H and O–H groups in total. The third kappa shape index (κ3) is 2.18. The number of hydrogen-bond acceptors (Lipinski definition) is 1. The maximum Gasteiger partial charge on any atom is 0.165 e. The SMILES string of the molecule is Cc1ccc(F)c(C(C)(O)c2cccc(F)c2F)c1F. The molecule has 0 aliphatic heterocycles. The summed E-state index contributed by atoms with van der Waals surface area (Å²) in [4.78, 5) is 0. The van der Waals surface area contributed by atoms with E-state index in [1.807, 2.05) is 0 Å². The molecule has 0 radical (unpaired) electrons. The molecule has 0 bridgehead atoms. The highest BCUT2D eigenvalue weighted by Gasteiger charge is 2.35. The summed E-state index contributed by atoms with van der Waals surface area (Å²) in [7, 11) is 0. The average Bonchev–Trinajstić information content (AvgIpc) is 2.37. The molecular formula is C15H12F4O. The molecule has 2 rings (SSSR count). The van der Waals surface area contributed by atoms with E-state index < -0.39 is 40.0 Å². The zero-order valence-corrected chi connectivity index (χ0v) is 10.8. The van der Waals surface area contributed by atoms with E-state index in [1.165, 1.54) is 13.0 Å². The summed E-state index contributed by atoms with van der Waals surface area (Å²) in [6.45, 7) is 2.40. The third-order valence-corrected chi connectivity index (χ3v) is 3.25. The van der Waals surface area contributed by atoms with E-state index in [1.54, 1.807) is 0 Å². The van der Waals surface area contributed by atoms with E-state index >= 15 is 0 Å². The molecule has 106 valence electrons. The first-order valence-electron chi connectivity index (χ1n) is 5.88. The number of benzene rings is 2. The molecule has 1 nitrogen and oxygen atoms in total. The van der Waals surface area contributed by atoms with Crippen molar-refractivity contribution >= 4 is 0 Å². The molecule has 0 saturated carbocycles. The van der Waals surface area contributed by atoms with Crippen molar-refractivity contribution in [2.75, 3.05) is 0 Å². The minimum atomic E-state index is -2.33. The van der Waals surface area contributed by atoms with Gasteiger partial charge in [-0.1, -0.05) is 18.2 Å². The summed E-state index contributed by atoms with van der Waals surface area (Å²) in [6.07, 6.45) is 0. The van der Waals surface area contributed by atoms with Gasteiger partial charge in [0.15, 0.2) is 11.6 Å². The highest BCUT2D eigenvalue weighted by atomic mass is 19.2. The van der Waals surface area contributed by atoms with E-state index in [4.69, 9.17) is 0 Å². The molecule has 20 heavy (non-hydrogen) atoms. The molecule has 0 amide bonds. The highest BCUT2D eigenvalue weighted by Crippen LogP contribution is 2.35. The van der Waals surface area contributed by atoms with Crippen molar-refractivity contribution in [1.82, 2.24) is 0 Å². The fourth-order valence-corrected chi connectivity index (χ4v) is 2.12. The van der Waals surface area contributed by atoms with Gasteiger partial charge in [-0.15, -0.1) is 0 Å². The van der Waals surface area contributed by atoms with Crippen molar-refractivity contribution in [3.63, 3.8) is 0 Å². The van der Waals surface area contributed by atoms with Crippen LogP contribution in [0.1, 0.15) is 23.6 Å². The van der Waals surface area contributed by atoms with Crippen molar-refractivity contribution in [2.45, 2.75) is 19.4 Å². The van der Waals surface area contributed by atoms with Crippen LogP contribution in [0.5, 0.6) is 0 Å². The Morgan fingerprint density at radius 1 is 0.900 bits per heavy atom. The van der Waals surface area contributed by atoms with Crippen molar-refractivity contribution in [2.24, 2.45) is 0 Å². The molecule has 0 saturated heterocycles. The van der Waals surface area contributed by atoms with Gasteiger partial charge in [-0.3, -0.25) is 0 Å². The normalized spacial score (nSPS) is 14.2. The van der Waals surface area contributed by atoms with Gasteiger partial charge in [0, 0.05) is 5.56 Å². The molecule has 2 aromatic rings. The quantitative estimate of drug-likeness (QED) is 0.831. The molecule has 5 heteroatoms. The summed E-state index contributed by atoms with van der Waals surface area (Å²) in [5.74, 6) is -4.55. The molecule has 1 atom stereocenters. The minimum absolute atomic E-state index is 0.0958. The van der Waals surface area contributed by atoms with Crippen LogP contribution in [0.4, 0.5) is 17.6 Å². The fourth-order valence-electron chi connectivity index (χ4n) is 2.12. The maximum absolute atomic E-state index is 14.1. The van der Waals surface area contributed by atoms with E-state index in [-0.39, 0.29) is 5.56 Å². The third-order valence-electron chi connectivity index (χ3n) is 3.25. The maximum atomic E-state index is 14.1. The van der Waals surface area contributed by atoms with Crippen LogP contribution in [0.25, 0.3) is 0 Å². The van der Waals surface area contributed by atoms with Crippen LogP contribution in [0.2, 0.25) is 0 Å².